The average Bonchev–Trinajstić information content (AvgIpc) is 2.66. The Morgan fingerprint density at radius 3 is 2.24 bits per heavy atom. The third-order valence-corrected chi connectivity index (χ3v) is 4.17. The highest BCUT2D eigenvalue weighted by atomic mass is 16.5. The van der Waals surface area contributed by atoms with Gasteiger partial charge in [0.2, 0.25) is 5.88 Å². The van der Waals surface area contributed by atoms with E-state index in [4.69, 9.17) is 14.7 Å². The second kappa shape index (κ2) is 8.43. The summed E-state index contributed by atoms with van der Waals surface area (Å²) in [6, 6.07) is 20.5. The van der Waals surface area contributed by atoms with Gasteiger partial charge in [-0.2, -0.15) is 4.98 Å². The quantitative estimate of drug-likeness (QED) is 0.556. The molecule has 0 aliphatic carbocycles. The number of benzene rings is 2. The largest absolute Gasteiger partial charge is 0.477 e. The maximum atomic E-state index is 6.04. The summed E-state index contributed by atoms with van der Waals surface area (Å²) in [5.41, 5.74) is 4.30. The fourth-order valence-electron chi connectivity index (χ4n) is 2.72. The number of aromatic nitrogens is 2. The molecule has 0 atom stereocenters. The molecule has 0 saturated heterocycles. The third kappa shape index (κ3) is 4.44. The fourth-order valence-corrected chi connectivity index (χ4v) is 2.72. The van der Waals surface area contributed by atoms with Gasteiger partial charge in [-0.05, 0) is 18.9 Å². The van der Waals surface area contributed by atoms with Crippen LogP contribution in [0.4, 0.5) is 0 Å². The molecule has 0 saturated carbocycles. The number of unbranched alkanes of at least 4 members (excludes halogenated alkanes) is 1. The molecule has 2 aromatic carbocycles. The summed E-state index contributed by atoms with van der Waals surface area (Å²) in [4.78, 5) is 9.48. The second-order valence-electron chi connectivity index (χ2n) is 6.15. The minimum Gasteiger partial charge on any atom is -0.477 e. The van der Waals surface area contributed by atoms with Crippen molar-refractivity contribution in [2.75, 3.05) is 6.61 Å². The van der Waals surface area contributed by atoms with Gasteiger partial charge in [0.25, 0.3) is 0 Å². The number of ether oxygens (including phenoxy) is 1. The van der Waals surface area contributed by atoms with Gasteiger partial charge in [-0.3, -0.25) is 0 Å². The van der Waals surface area contributed by atoms with E-state index < -0.39 is 0 Å². The molecule has 0 unspecified atom stereocenters. The highest BCUT2D eigenvalue weighted by Gasteiger charge is 2.14. The van der Waals surface area contributed by atoms with Crippen LogP contribution < -0.4 is 4.74 Å². The lowest BCUT2D eigenvalue weighted by atomic mass is 10.0. The van der Waals surface area contributed by atoms with Crippen LogP contribution in [-0.2, 0) is 6.42 Å². The first-order chi connectivity index (χ1) is 12.3. The van der Waals surface area contributed by atoms with Crippen LogP contribution in [0, 0.1) is 6.92 Å². The number of nitrogens with zero attached hydrogens (tertiary/aromatic N) is 2. The van der Waals surface area contributed by atoms with Crippen LogP contribution in [0.25, 0.3) is 11.4 Å². The molecule has 1 heterocycles. The van der Waals surface area contributed by atoms with E-state index in [1.54, 1.807) is 0 Å². The van der Waals surface area contributed by atoms with Crippen molar-refractivity contribution in [1.82, 2.24) is 9.97 Å². The van der Waals surface area contributed by atoms with Gasteiger partial charge in [-0.15, -0.1) is 0 Å². The summed E-state index contributed by atoms with van der Waals surface area (Å²) in [7, 11) is 0. The van der Waals surface area contributed by atoms with E-state index in [0.29, 0.717) is 12.5 Å². The lowest BCUT2D eigenvalue weighted by Gasteiger charge is -2.14. The van der Waals surface area contributed by atoms with Crippen molar-refractivity contribution in [2.24, 2.45) is 0 Å². The zero-order valence-corrected chi connectivity index (χ0v) is 14.9. The predicted molar refractivity (Wildman–Crippen MR) is 102 cm³/mol. The second-order valence-corrected chi connectivity index (χ2v) is 6.15. The molecule has 0 radical (unpaired) electrons. The molecular weight excluding hydrogens is 308 g/mol. The summed E-state index contributed by atoms with van der Waals surface area (Å²) < 4.78 is 6.04. The van der Waals surface area contributed by atoms with Crippen molar-refractivity contribution in [2.45, 2.75) is 33.1 Å². The zero-order chi connectivity index (χ0) is 17.5. The third-order valence-electron chi connectivity index (χ3n) is 4.17. The predicted octanol–water partition coefficient (Wildman–Crippen LogP) is 5.22. The normalized spacial score (nSPS) is 10.6. The van der Waals surface area contributed by atoms with Crippen LogP contribution in [0.3, 0.4) is 0 Å². The molecule has 0 bridgehead atoms. The number of aryl methyl sites for hydroxylation is 1. The minimum atomic E-state index is 0.684. The SMILES string of the molecule is CCCCOc1nc(-c2ccccc2)nc(C)c1Cc1ccccc1. The minimum absolute atomic E-state index is 0.684. The molecule has 3 aromatic rings. The molecule has 0 spiro atoms. The standard InChI is InChI=1S/C22H24N2O/c1-3-4-15-25-22-20(16-18-11-7-5-8-12-18)17(2)23-21(24-22)19-13-9-6-10-14-19/h5-14H,3-4,15-16H2,1-2H3. The molecular formula is C22H24N2O. The Balaban J connectivity index is 1.97. The molecule has 128 valence electrons. The summed E-state index contributed by atoms with van der Waals surface area (Å²) in [6.07, 6.45) is 2.90. The number of hydrogen-bond acceptors (Lipinski definition) is 3. The molecule has 25 heavy (non-hydrogen) atoms. The molecule has 3 heteroatoms. The van der Waals surface area contributed by atoms with Gasteiger partial charge in [0.1, 0.15) is 0 Å². The first-order valence-corrected chi connectivity index (χ1v) is 8.87. The van der Waals surface area contributed by atoms with Gasteiger partial charge >= 0.3 is 0 Å². The Labute approximate surface area is 149 Å². The van der Waals surface area contributed by atoms with Crippen LogP contribution in [0.5, 0.6) is 5.88 Å². The fraction of sp³-hybridized carbons (Fsp3) is 0.273. The molecule has 0 aliphatic rings. The smallest absolute Gasteiger partial charge is 0.220 e. The Hall–Kier alpha value is -2.68. The zero-order valence-electron chi connectivity index (χ0n) is 14.9. The summed E-state index contributed by atoms with van der Waals surface area (Å²) >= 11 is 0. The van der Waals surface area contributed by atoms with E-state index in [1.807, 2.05) is 43.3 Å². The number of hydrogen-bond donors (Lipinski definition) is 0. The van der Waals surface area contributed by atoms with Gasteiger partial charge in [-0.25, -0.2) is 4.98 Å². The van der Waals surface area contributed by atoms with Crippen molar-refractivity contribution >= 4 is 0 Å². The molecule has 0 fully saturated rings. The van der Waals surface area contributed by atoms with E-state index in [0.717, 1.165) is 41.9 Å². The van der Waals surface area contributed by atoms with Gasteiger partial charge < -0.3 is 4.74 Å². The Bertz CT molecular complexity index is 801. The van der Waals surface area contributed by atoms with Gasteiger partial charge in [0.05, 0.1) is 6.61 Å². The van der Waals surface area contributed by atoms with Crippen molar-refractivity contribution in [3.63, 3.8) is 0 Å². The highest BCUT2D eigenvalue weighted by Crippen LogP contribution is 2.26. The van der Waals surface area contributed by atoms with E-state index in [1.165, 1.54) is 5.56 Å². The van der Waals surface area contributed by atoms with E-state index >= 15 is 0 Å². The average molecular weight is 332 g/mol. The van der Waals surface area contributed by atoms with Crippen LogP contribution in [-0.4, -0.2) is 16.6 Å². The Morgan fingerprint density at radius 1 is 0.880 bits per heavy atom. The molecule has 3 nitrogen and oxygen atoms in total. The molecule has 1 aromatic heterocycles. The van der Waals surface area contributed by atoms with Gasteiger partial charge in [0.15, 0.2) is 5.82 Å². The van der Waals surface area contributed by atoms with Crippen LogP contribution in [0.1, 0.15) is 36.6 Å². The van der Waals surface area contributed by atoms with Crippen LogP contribution in [0.15, 0.2) is 60.7 Å². The van der Waals surface area contributed by atoms with Crippen LogP contribution in [0.2, 0.25) is 0 Å². The van der Waals surface area contributed by atoms with E-state index in [9.17, 15) is 0 Å². The maximum Gasteiger partial charge on any atom is 0.220 e. The number of rotatable bonds is 7. The summed E-state index contributed by atoms with van der Waals surface area (Å²) in [6.45, 7) is 4.89. The van der Waals surface area contributed by atoms with Crippen molar-refractivity contribution in [1.29, 1.82) is 0 Å². The topological polar surface area (TPSA) is 35.0 Å². The molecule has 0 N–H and O–H groups in total. The Kier molecular flexibility index (Phi) is 5.78. The van der Waals surface area contributed by atoms with E-state index in [2.05, 4.69) is 31.2 Å². The van der Waals surface area contributed by atoms with Crippen molar-refractivity contribution in [3.8, 4) is 17.3 Å². The molecule has 3 rings (SSSR count). The first-order valence-electron chi connectivity index (χ1n) is 8.87. The van der Waals surface area contributed by atoms with E-state index in [-0.39, 0.29) is 0 Å². The lowest BCUT2D eigenvalue weighted by Crippen LogP contribution is -2.07. The summed E-state index contributed by atoms with van der Waals surface area (Å²) in [5, 5.41) is 0. The summed E-state index contributed by atoms with van der Waals surface area (Å²) in [5.74, 6) is 1.44. The van der Waals surface area contributed by atoms with Gasteiger partial charge in [-0.1, -0.05) is 74.0 Å². The van der Waals surface area contributed by atoms with Crippen molar-refractivity contribution < 1.29 is 4.74 Å². The maximum absolute atomic E-state index is 6.04. The highest BCUT2D eigenvalue weighted by molar-refractivity contribution is 5.56. The first kappa shape index (κ1) is 17.2. The molecule has 0 amide bonds. The van der Waals surface area contributed by atoms with Gasteiger partial charge in [0, 0.05) is 23.2 Å². The molecule has 0 aliphatic heterocycles. The Morgan fingerprint density at radius 2 is 1.56 bits per heavy atom. The monoisotopic (exact) mass is 332 g/mol. The van der Waals surface area contributed by atoms with Crippen LogP contribution >= 0.6 is 0 Å². The lowest BCUT2D eigenvalue weighted by molar-refractivity contribution is 0.294. The van der Waals surface area contributed by atoms with Crippen molar-refractivity contribution in [3.05, 3.63) is 77.5 Å².